The number of nitrogens with one attached hydrogen (secondary N) is 1. The molecule has 1 heterocycles. The van der Waals surface area contributed by atoms with Gasteiger partial charge in [0.05, 0.1) is 0 Å². The van der Waals surface area contributed by atoms with Crippen LogP contribution in [0.25, 0.3) is 0 Å². The lowest BCUT2D eigenvalue weighted by molar-refractivity contribution is -0.113. The number of amides is 1. The average molecular weight is 238 g/mol. The quantitative estimate of drug-likeness (QED) is 0.493. The Kier molecular flexibility index (Phi) is 4.47. The molecule has 0 bridgehead atoms. The summed E-state index contributed by atoms with van der Waals surface area (Å²) in [5, 5.41) is 10.7. The maximum Gasteiger partial charge on any atom is 0.241 e. The number of carbonyl (C=O) groups excluding carboxylic acids is 1. The van der Waals surface area contributed by atoms with Crippen molar-refractivity contribution in [1.82, 2.24) is 10.2 Å². The SMILES string of the molecule is CCSc1nnc(NC(=O)CCl)s1. The highest BCUT2D eigenvalue weighted by atomic mass is 35.5. The number of rotatable bonds is 4. The summed E-state index contributed by atoms with van der Waals surface area (Å²) in [6, 6.07) is 0. The Morgan fingerprint density at radius 1 is 1.69 bits per heavy atom. The second-order valence-corrected chi connectivity index (χ2v) is 4.74. The first kappa shape index (κ1) is 10.7. The fraction of sp³-hybridized carbons (Fsp3) is 0.500. The van der Waals surface area contributed by atoms with Crippen LogP contribution in [0.4, 0.5) is 5.13 Å². The van der Waals surface area contributed by atoms with Gasteiger partial charge in [0.2, 0.25) is 11.0 Å². The highest BCUT2D eigenvalue weighted by Gasteiger charge is 2.06. The number of anilines is 1. The fourth-order valence-corrected chi connectivity index (χ4v) is 2.33. The molecule has 1 rings (SSSR count). The zero-order chi connectivity index (χ0) is 9.68. The molecule has 0 saturated heterocycles. The van der Waals surface area contributed by atoms with Gasteiger partial charge in [-0.1, -0.05) is 30.0 Å². The summed E-state index contributed by atoms with van der Waals surface area (Å²) in [5.41, 5.74) is 0. The first-order valence-corrected chi connectivity index (χ1v) is 5.92. The Labute approximate surface area is 89.1 Å². The predicted octanol–water partition coefficient (Wildman–Crippen LogP) is 1.83. The van der Waals surface area contributed by atoms with Crippen LogP contribution in [0.2, 0.25) is 0 Å². The summed E-state index contributed by atoms with van der Waals surface area (Å²) in [4.78, 5) is 10.8. The van der Waals surface area contributed by atoms with Crippen molar-refractivity contribution < 1.29 is 4.79 Å². The molecule has 7 heteroatoms. The molecule has 0 aliphatic rings. The van der Waals surface area contributed by atoms with Crippen molar-refractivity contribution in [3.05, 3.63) is 0 Å². The molecule has 0 radical (unpaired) electrons. The van der Waals surface area contributed by atoms with Gasteiger partial charge < -0.3 is 0 Å². The fourth-order valence-electron chi connectivity index (χ4n) is 0.595. The molecule has 0 spiro atoms. The third-order valence-corrected chi connectivity index (χ3v) is 3.14. The van der Waals surface area contributed by atoms with E-state index < -0.39 is 0 Å². The van der Waals surface area contributed by atoms with Gasteiger partial charge in [-0.25, -0.2) is 0 Å². The first-order chi connectivity index (χ1) is 6.26. The molecular formula is C6H8ClN3OS2. The van der Waals surface area contributed by atoms with Crippen molar-refractivity contribution in [3.8, 4) is 0 Å². The van der Waals surface area contributed by atoms with E-state index in [1.54, 1.807) is 11.8 Å². The monoisotopic (exact) mass is 237 g/mol. The Bertz CT molecular complexity index is 291. The Balaban J connectivity index is 2.53. The minimum atomic E-state index is -0.258. The summed E-state index contributed by atoms with van der Waals surface area (Å²) in [6.07, 6.45) is 0. The van der Waals surface area contributed by atoms with E-state index in [0.29, 0.717) is 5.13 Å². The Morgan fingerprint density at radius 3 is 3.08 bits per heavy atom. The number of nitrogens with zero attached hydrogens (tertiary/aromatic N) is 2. The average Bonchev–Trinajstić information content (AvgIpc) is 2.53. The normalized spacial score (nSPS) is 10.0. The van der Waals surface area contributed by atoms with Crippen LogP contribution in [0, 0.1) is 0 Å². The number of halogens is 1. The van der Waals surface area contributed by atoms with E-state index in [0.717, 1.165) is 10.1 Å². The van der Waals surface area contributed by atoms with Gasteiger partial charge in [-0.15, -0.1) is 21.8 Å². The summed E-state index contributed by atoms with van der Waals surface area (Å²) in [6.45, 7) is 2.03. The molecule has 72 valence electrons. The van der Waals surface area contributed by atoms with Crippen LogP contribution >= 0.6 is 34.7 Å². The van der Waals surface area contributed by atoms with Crippen molar-refractivity contribution in [1.29, 1.82) is 0 Å². The topological polar surface area (TPSA) is 54.9 Å². The molecule has 0 fully saturated rings. The van der Waals surface area contributed by atoms with Gasteiger partial charge >= 0.3 is 0 Å². The number of carbonyl (C=O) groups is 1. The molecule has 1 aromatic heterocycles. The molecule has 1 aromatic rings. The van der Waals surface area contributed by atoms with Gasteiger partial charge in [-0.3, -0.25) is 10.1 Å². The Morgan fingerprint density at radius 2 is 2.46 bits per heavy atom. The van der Waals surface area contributed by atoms with E-state index in [4.69, 9.17) is 11.6 Å². The maximum absolute atomic E-state index is 10.8. The maximum atomic E-state index is 10.8. The van der Waals surface area contributed by atoms with Gasteiger partial charge in [-0.2, -0.15) is 0 Å². The van der Waals surface area contributed by atoms with E-state index in [1.165, 1.54) is 11.3 Å². The molecule has 0 aromatic carbocycles. The molecule has 4 nitrogen and oxygen atoms in total. The second kappa shape index (κ2) is 5.41. The minimum Gasteiger partial charge on any atom is -0.299 e. The Hall–Kier alpha value is -0.330. The molecule has 0 aliphatic carbocycles. The summed E-state index contributed by atoms with van der Waals surface area (Å²) in [7, 11) is 0. The van der Waals surface area contributed by atoms with Crippen LogP contribution in [-0.4, -0.2) is 27.7 Å². The third kappa shape index (κ3) is 3.50. The van der Waals surface area contributed by atoms with E-state index in [-0.39, 0.29) is 11.8 Å². The van der Waals surface area contributed by atoms with Gasteiger partial charge in [0.1, 0.15) is 5.88 Å². The number of aromatic nitrogens is 2. The lowest BCUT2D eigenvalue weighted by Gasteiger charge is -1.93. The van der Waals surface area contributed by atoms with Crippen molar-refractivity contribution in [2.45, 2.75) is 11.3 Å². The molecule has 0 unspecified atom stereocenters. The predicted molar refractivity (Wildman–Crippen MR) is 55.7 cm³/mol. The van der Waals surface area contributed by atoms with Gasteiger partial charge in [0, 0.05) is 0 Å². The highest BCUT2D eigenvalue weighted by molar-refractivity contribution is 8.01. The van der Waals surface area contributed by atoms with Crippen LogP contribution in [-0.2, 0) is 4.79 Å². The van der Waals surface area contributed by atoms with Crippen molar-refractivity contribution in [2.75, 3.05) is 16.9 Å². The van der Waals surface area contributed by atoms with Crippen molar-refractivity contribution >= 4 is 45.7 Å². The van der Waals surface area contributed by atoms with E-state index in [1.807, 2.05) is 6.92 Å². The number of hydrogen-bond donors (Lipinski definition) is 1. The molecule has 1 amide bonds. The van der Waals surface area contributed by atoms with Gasteiger partial charge in [0.15, 0.2) is 4.34 Å². The molecule has 13 heavy (non-hydrogen) atoms. The summed E-state index contributed by atoms with van der Waals surface area (Å²) >= 11 is 8.25. The zero-order valence-electron chi connectivity index (χ0n) is 6.91. The largest absolute Gasteiger partial charge is 0.299 e. The minimum absolute atomic E-state index is 0.0597. The van der Waals surface area contributed by atoms with Crippen molar-refractivity contribution in [2.24, 2.45) is 0 Å². The number of thioether (sulfide) groups is 1. The van der Waals surface area contributed by atoms with Gasteiger partial charge in [-0.05, 0) is 5.75 Å². The van der Waals surface area contributed by atoms with Crippen LogP contribution in [0.1, 0.15) is 6.92 Å². The second-order valence-electron chi connectivity index (χ2n) is 1.99. The number of alkyl halides is 1. The van der Waals surface area contributed by atoms with Crippen LogP contribution in [0.5, 0.6) is 0 Å². The lowest BCUT2D eigenvalue weighted by Crippen LogP contribution is -2.12. The smallest absolute Gasteiger partial charge is 0.241 e. The van der Waals surface area contributed by atoms with Crippen LogP contribution in [0.3, 0.4) is 0 Å². The van der Waals surface area contributed by atoms with Gasteiger partial charge in [0.25, 0.3) is 0 Å². The van der Waals surface area contributed by atoms with E-state index in [9.17, 15) is 4.79 Å². The highest BCUT2D eigenvalue weighted by Crippen LogP contribution is 2.24. The van der Waals surface area contributed by atoms with Crippen LogP contribution in [0.15, 0.2) is 4.34 Å². The molecule has 0 aliphatic heterocycles. The standard InChI is InChI=1S/C6H8ClN3OS2/c1-2-12-6-10-9-5(13-6)8-4(11)3-7/h2-3H2,1H3,(H,8,9,11). The molecule has 0 atom stereocenters. The van der Waals surface area contributed by atoms with Crippen LogP contribution < -0.4 is 5.32 Å². The first-order valence-electron chi connectivity index (χ1n) is 3.58. The summed E-state index contributed by atoms with van der Waals surface area (Å²) in [5.74, 6) is 0.624. The molecular weight excluding hydrogens is 230 g/mol. The van der Waals surface area contributed by atoms with E-state index >= 15 is 0 Å². The molecule has 0 saturated carbocycles. The summed E-state index contributed by atoms with van der Waals surface area (Å²) < 4.78 is 0.854. The lowest BCUT2D eigenvalue weighted by atomic mass is 10.7. The zero-order valence-corrected chi connectivity index (χ0v) is 9.30. The van der Waals surface area contributed by atoms with E-state index in [2.05, 4.69) is 15.5 Å². The van der Waals surface area contributed by atoms with Crippen molar-refractivity contribution in [3.63, 3.8) is 0 Å². The number of hydrogen-bond acceptors (Lipinski definition) is 5. The molecule has 1 N–H and O–H groups in total. The third-order valence-electron chi connectivity index (χ3n) is 1.04.